The highest BCUT2D eigenvalue weighted by atomic mass is 16.5. The van der Waals surface area contributed by atoms with Crippen LogP contribution in [0.5, 0.6) is 0 Å². The minimum atomic E-state index is -0.437. The molecule has 0 bridgehead atoms. The standard InChI is InChI=1S/C18H25NO3/c1-13-9-10-15(11-14(13)2)18(21)22-12-17(20)19(3)16-7-5-4-6-8-16/h9-11,16H,4-8,12H2,1-3H3. The summed E-state index contributed by atoms with van der Waals surface area (Å²) in [6.45, 7) is 3.76. The zero-order chi connectivity index (χ0) is 16.1. The monoisotopic (exact) mass is 303 g/mol. The van der Waals surface area contributed by atoms with Crippen LogP contribution in [-0.2, 0) is 9.53 Å². The van der Waals surface area contributed by atoms with E-state index in [4.69, 9.17) is 4.74 Å². The van der Waals surface area contributed by atoms with Crippen molar-refractivity contribution < 1.29 is 14.3 Å². The maximum atomic E-state index is 12.1. The number of esters is 1. The normalized spacial score (nSPS) is 15.4. The van der Waals surface area contributed by atoms with Gasteiger partial charge < -0.3 is 9.64 Å². The Morgan fingerprint density at radius 3 is 2.45 bits per heavy atom. The Bertz CT molecular complexity index is 547. The van der Waals surface area contributed by atoms with Gasteiger partial charge in [0, 0.05) is 13.1 Å². The van der Waals surface area contributed by atoms with Gasteiger partial charge in [0.15, 0.2) is 6.61 Å². The van der Waals surface area contributed by atoms with Gasteiger partial charge in [-0.2, -0.15) is 0 Å². The van der Waals surface area contributed by atoms with Crippen LogP contribution in [0.25, 0.3) is 0 Å². The van der Waals surface area contributed by atoms with Gasteiger partial charge >= 0.3 is 5.97 Å². The lowest BCUT2D eigenvalue weighted by Gasteiger charge is -2.31. The van der Waals surface area contributed by atoms with Crippen LogP contribution in [0, 0.1) is 13.8 Å². The van der Waals surface area contributed by atoms with Crippen LogP contribution in [0.1, 0.15) is 53.6 Å². The van der Waals surface area contributed by atoms with Crippen molar-refractivity contribution in [2.75, 3.05) is 13.7 Å². The van der Waals surface area contributed by atoms with Crippen LogP contribution < -0.4 is 0 Å². The molecule has 4 nitrogen and oxygen atoms in total. The van der Waals surface area contributed by atoms with Gasteiger partial charge in [0.2, 0.25) is 0 Å². The molecule has 22 heavy (non-hydrogen) atoms. The van der Waals surface area contributed by atoms with Gasteiger partial charge in [0.1, 0.15) is 0 Å². The molecule has 2 rings (SSSR count). The Morgan fingerprint density at radius 1 is 1.14 bits per heavy atom. The molecule has 1 fully saturated rings. The van der Waals surface area contributed by atoms with E-state index in [0.29, 0.717) is 11.6 Å². The molecule has 1 aliphatic rings. The number of aryl methyl sites for hydroxylation is 2. The first-order valence-corrected chi connectivity index (χ1v) is 7.99. The predicted octanol–water partition coefficient (Wildman–Crippen LogP) is 3.25. The first-order valence-electron chi connectivity index (χ1n) is 7.99. The summed E-state index contributed by atoms with van der Waals surface area (Å²) in [6, 6.07) is 5.72. The molecule has 0 radical (unpaired) electrons. The van der Waals surface area contributed by atoms with Crippen LogP contribution in [0.4, 0.5) is 0 Å². The number of nitrogens with zero attached hydrogens (tertiary/aromatic N) is 1. The molecule has 1 aliphatic carbocycles. The van der Waals surface area contributed by atoms with Crippen molar-refractivity contribution in [3.63, 3.8) is 0 Å². The van der Waals surface area contributed by atoms with Crippen molar-refractivity contribution in [1.82, 2.24) is 4.90 Å². The van der Waals surface area contributed by atoms with Crippen LogP contribution in [0.3, 0.4) is 0 Å². The van der Waals surface area contributed by atoms with Gasteiger partial charge in [-0.3, -0.25) is 4.79 Å². The molecule has 0 unspecified atom stereocenters. The highest BCUT2D eigenvalue weighted by molar-refractivity contribution is 5.91. The molecule has 120 valence electrons. The number of rotatable bonds is 4. The Hall–Kier alpha value is -1.84. The van der Waals surface area contributed by atoms with Crippen molar-refractivity contribution in [3.05, 3.63) is 34.9 Å². The van der Waals surface area contributed by atoms with Crippen LogP contribution >= 0.6 is 0 Å². The largest absolute Gasteiger partial charge is 0.452 e. The summed E-state index contributed by atoms with van der Waals surface area (Å²) in [5.41, 5.74) is 2.67. The van der Waals surface area contributed by atoms with Gasteiger partial charge in [-0.05, 0) is 49.9 Å². The third kappa shape index (κ3) is 4.09. The second-order valence-corrected chi connectivity index (χ2v) is 6.17. The second kappa shape index (κ2) is 7.43. The summed E-state index contributed by atoms with van der Waals surface area (Å²) in [5.74, 6) is -0.558. The molecule has 0 saturated heterocycles. The summed E-state index contributed by atoms with van der Waals surface area (Å²) >= 11 is 0. The fourth-order valence-electron chi connectivity index (χ4n) is 2.85. The summed E-state index contributed by atoms with van der Waals surface area (Å²) in [7, 11) is 1.81. The van der Waals surface area contributed by atoms with Gasteiger partial charge in [0.05, 0.1) is 5.56 Å². The summed E-state index contributed by atoms with van der Waals surface area (Å²) < 4.78 is 5.17. The number of hydrogen-bond donors (Lipinski definition) is 0. The third-order valence-electron chi connectivity index (χ3n) is 4.59. The van der Waals surface area contributed by atoms with Gasteiger partial charge in [-0.1, -0.05) is 25.3 Å². The molecule has 0 aliphatic heterocycles. The lowest BCUT2D eigenvalue weighted by molar-refractivity contribution is -0.135. The van der Waals surface area contributed by atoms with E-state index in [1.165, 1.54) is 19.3 Å². The summed E-state index contributed by atoms with van der Waals surface area (Å²) in [5, 5.41) is 0. The summed E-state index contributed by atoms with van der Waals surface area (Å²) in [6.07, 6.45) is 5.69. The van der Waals surface area contributed by atoms with Crippen molar-refractivity contribution >= 4 is 11.9 Å². The number of benzene rings is 1. The highest BCUT2D eigenvalue weighted by Crippen LogP contribution is 2.21. The average Bonchev–Trinajstić information content (AvgIpc) is 2.54. The minimum Gasteiger partial charge on any atom is -0.452 e. The fourth-order valence-corrected chi connectivity index (χ4v) is 2.85. The average molecular weight is 303 g/mol. The first-order chi connectivity index (χ1) is 10.5. The van der Waals surface area contributed by atoms with Gasteiger partial charge in [0.25, 0.3) is 5.91 Å². The smallest absolute Gasteiger partial charge is 0.338 e. The number of carbonyl (C=O) groups is 2. The molecule has 0 aromatic heterocycles. The lowest BCUT2D eigenvalue weighted by atomic mass is 9.94. The first kappa shape index (κ1) is 16.5. The topological polar surface area (TPSA) is 46.6 Å². The van der Waals surface area contributed by atoms with E-state index < -0.39 is 5.97 Å². The molecule has 4 heteroatoms. The van der Waals surface area contributed by atoms with Crippen LogP contribution in [-0.4, -0.2) is 36.5 Å². The van der Waals surface area contributed by atoms with E-state index in [1.807, 2.05) is 27.0 Å². The molecule has 0 atom stereocenters. The zero-order valence-corrected chi connectivity index (χ0v) is 13.7. The molecule has 0 N–H and O–H groups in total. The number of hydrogen-bond acceptors (Lipinski definition) is 3. The molecular formula is C18H25NO3. The Labute approximate surface area is 132 Å². The third-order valence-corrected chi connectivity index (χ3v) is 4.59. The van der Waals surface area contributed by atoms with Crippen molar-refractivity contribution in [2.45, 2.75) is 52.0 Å². The lowest BCUT2D eigenvalue weighted by Crippen LogP contribution is -2.40. The Kier molecular flexibility index (Phi) is 5.58. The van der Waals surface area contributed by atoms with E-state index in [9.17, 15) is 9.59 Å². The maximum Gasteiger partial charge on any atom is 0.338 e. The molecule has 1 saturated carbocycles. The van der Waals surface area contributed by atoms with Crippen molar-refractivity contribution in [3.8, 4) is 0 Å². The number of likely N-dealkylation sites (N-methyl/N-ethyl adjacent to an activating group) is 1. The molecule has 0 spiro atoms. The quantitative estimate of drug-likeness (QED) is 0.802. The van der Waals surface area contributed by atoms with Gasteiger partial charge in [-0.15, -0.1) is 0 Å². The molecule has 1 aromatic rings. The maximum absolute atomic E-state index is 12.1. The van der Waals surface area contributed by atoms with E-state index in [-0.39, 0.29) is 12.5 Å². The van der Waals surface area contributed by atoms with E-state index in [0.717, 1.165) is 24.0 Å². The molecule has 1 aromatic carbocycles. The van der Waals surface area contributed by atoms with Crippen LogP contribution in [0.15, 0.2) is 18.2 Å². The van der Waals surface area contributed by atoms with E-state index >= 15 is 0 Å². The molecule has 0 heterocycles. The zero-order valence-electron chi connectivity index (χ0n) is 13.7. The van der Waals surface area contributed by atoms with Crippen molar-refractivity contribution in [2.24, 2.45) is 0 Å². The Morgan fingerprint density at radius 2 is 1.82 bits per heavy atom. The molecular weight excluding hydrogens is 278 g/mol. The summed E-state index contributed by atoms with van der Waals surface area (Å²) in [4.78, 5) is 25.9. The fraction of sp³-hybridized carbons (Fsp3) is 0.556. The van der Waals surface area contributed by atoms with E-state index in [1.54, 1.807) is 17.0 Å². The number of ether oxygens (including phenoxy) is 1. The SMILES string of the molecule is Cc1ccc(C(=O)OCC(=O)N(C)C2CCCCC2)cc1C. The van der Waals surface area contributed by atoms with Crippen LogP contribution in [0.2, 0.25) is 0 Å². The number of amides is 1. The minimum absolute atomic E-state index is 0.121. The predicted molar refractivity (Wildman–Crippen MR) is 85.8 cm³/mol. The Balaban J connectivity index is 1.87. The molecule has 1 amide bonds. The van der Waals surface area contributed by atoms with Crippen molar-refractivity contribution in [1.29, 1.82) is 0 Å². The second-order valence-electron chi connectivity index (χ2n) is 6.17. The van der Waals surface area contributed by atoms with Gasteiger partial charge in [-0.25, -0.2) is 4.79 Å². The highest BCUT2D eigenvalue weighted by Gasteiger charge is 2.23. The number of carbonyl (C=O) groups excluding carboxylic acids is 2. The van der Waals surface area contributed by atoms with E-state index in [2.05, 4.69) is 0 Å².